The molecule has 0 amide bonds. The number of halogens is 1. The fourth-order valence-corrected chi connectivity index (χ4v) is 1.76. The Morgan fingerprint density at radius 3 is 2.75 bits per heavy atom. The Balaban J connectivity index is 2.61. The van der Waals surface area contributed by atoms with E-state index in [-0.39, 0.29) is 18.5 Å². The first-order valence-electron chi connectivity index (χ1n) is 6.89. The van der Waals surface area contributed by atoms with Crippen molar-refractivity contribution in [3.05, 3.63) is 29.6 Å². The van der Waals surface area contributed by atoms with Gasteiger partial charge in [0.1, 0.15) is 11.6 Å². The van der Waals surface area contributed by atoms with E-state index in [0.29, 0.717) is 17.9 Å². The van der Waals surface area contributed by atoms with Gasteiger partial charge in [0, 0.05) is 17.7 Å². The second-order valence-corrected chi connectivity index (χ2v) is 4.45. The Labute approximate surface area is 119 Å². The van der Waals surface area contributed by atoms with Gasteiger partial charge in [-0.05, 0) is 32.9 Å². The van der Waals surface area contributed by atoms with Gasteiger partial charge in [-0.25, -0.2) is 9.18 Å². The summed E-state index contributed by atoms with van der Waals surface area (Å²) in [5.74, 6) is -0.487. The van der Waals surface area contributed by atoms with Crippen LogP contribution in [0.3, 0.4) is 0 Å². The molecule has 1 atom stereocenters. The summed E-state index contributed by atoms with van der Waals surface area (Å²) < 4.78 is 23.9. The summed E-state index contributed by atoms with van der Waals surface area (Å²) in [5.41, 5.74) is 0.585. The molecule has 0 heterocycles. The van der Waals surface area contributed by atoms with Crippen molar-refractivity contribution in [3.63, 3.8) is 0 Å². The number of carbonyl (C=O) groups excluding carboxylic acids is 1. The molecule has 1 rings (SSSR count). The van der Waals surface area contributed by atoms with E-state index in [1.165, 1.54) is 6.07 Å². The van der Waals surface area contributed by atoms with Crippen molar-refractivity contribution in [1.29, 1.82) is 0 Å². The van der Waals surface area contributed by atoms with Gasteiger partial charge < -0.3 is 14.8 Å². The molecule has 1 N–H and O–H groups in total. The number of carbonyl (C=O) groups is 1. The van der Waals surface area contributed by atoms with Gasteiger partial charge in [-0.2, -0.15) is 0 Å². The standard InChI is InChI=1S/C15H22FNO3/c1-4-8-17-11(3)13-7-6-12(9-14(13)16)20-10-15(18)19-5-2/h6-7,9,11,17H,4-5,8,10H2,1-3H3. The predicted octanol–water partition coefficient (Wildman–Crippen LogP) is 2.83. The van der Waals surface area contributed by atoms with Gasteiger partial charge in [0.2, 0.25) is 0 Å². The Bertz CT molecular complexity index is 437. The fraction of sp³-hybridized carbons (Fsp3) is 0.533. The molecule has 0 aliphatic heterocycles. The number of nitrogens with one attached hydrogen (secondary N) is 1. The monoisotopic (exact) mass is 283 g/mol. The van der Waals surface area contributed by atoms with Gasteiger partial charge in [0.05, 0.1) is 6.61 Å². The number of esters is 1. The molecule has 112 valence electrons. The van der Waals surface area contributed by atoms with Crippen LogP contribution in [0.15, 0.2) is 18.2 Å². The zero-order chi connectivity index (χ0) is 15.0. The molecule has 1 unspecified atom stereocenters. The van der Waals surface area contributed by atoms with Crippen LogP contribution < -0.4 is 10.1 Å². The van der Waals surface area contributed by atoms with E-state index in [0.717, 1.165) is 13.0 Å². The maximum absolute atomic E-state index is 14.0. The maximum Gasteiger partial charge on any atom is 0.344 e. The van der Waals surface area contributed by atoms with E-state index >= 15 is 0 Å². The van der Waals surface area contributed by atoms with Gasteiger partial charge in [-0.1, -0.05) is 13.0 Å². The first kappa shape index (κ1) is 16.4. The van der Waals surface area contributed by atoms with Crippen LogP contribution in [-0.4, -0.2) is 25.7 Å². The molecule has 0 fully saturated rings. The molecular formula is C15H22FNO3. The summed E-state index contributed by atoms with van der Waals surface area (Å²) in [6, 6.07) is 4.55. The summed E-state index contributed by atoms with van der Waals surface area (Å²) in [5, 5.41) is 3.22. The van der Waals surface area contributed by atoms with Gasteiger partial charge in [0.25, 0.3) is 0 Å². The molecule has 1 aromatic rings. The number of rotatable bonds is 8. The van der Waals surface area contributed by atoms with Crippen LogP contribution in [0.5, 0.6) is 5.75 Å². The van der Waals surface area contributed by atoms with Crippen molar-refractivity contribution >= 4 is 5.97 Å². The fourth-order valence-electron chi connectivity index (χ4n) is 1.76. The minimum Gasteiger partial charge on any atom is -0.482 e. The molecule has 4 nitrogen and oxygen atoms in total. The highest BCUT2D eigenvalue weighted by Gasteiger charge is 2.12. The lowest BCUT2D eigenvalue weighted by atomic mass is 10.1. The van der Waals surface area contributed by atoms with E-state index in [2.05, 4.69) is 12.2 Å². The second-order valence-electron chi connectivity index (χ2n) is 4.45. The van der Waals surface area contributed by atoms with E-state index < -0.39 is 5.97 Å². The molecule has 1 aromatic carbocycles. The van der Waals surface area contributed by atoms with Crippen LogP contribution in [-0.2, 0) is 9.53 Å². The van der Waals surface area contributed by atoms with Crippen LogP contribution >= 0.6 is 0 Å². The summed E-state index contributed by atoms with van der Waals surface area (Å²) in [6.07, 6.45) is 0.993. The zero-order valence-electron chi connectivity index (χ0n) is 12.2. The summed E-state index contributed by atoms with van der Waals surface area (Å²) in [6.45, 7) is 6.61. The third-order valence-corrected chi connectivity index (χ3v) is 2.80. The molecule has 0 aliphatic rings. The molecule has 0 aliphatic carbocycles. The topological polar surface area (TPSA) is 47.6 Å². The van der Waals surface area contributed by atoms with Crippen molar-refractivity contribution in [2.45, 2.75) is 33.2 Å². The van der Waals surface area contributed by atoms with E-state index in [1.807, 2.05) is 6.92 Å². The molecule has 0 saturated heterocycles. The number of benzene rings is 1. The van der Waals surface area contributed by atoms with Crippen LogP contribution in [0.2, 0.25) is 0 Å². The van der Waals surface area contributed by atoms with Crippen molar-refractivity contribution in [2.24, 2.45) is 0 Å². The van der Waals surface area contributed by atoms with Crippen LogP contribution in [0.4, 0.5) is 4.39 Å². The minimum absolute atomic E-state index is 0.0611. The molecule has 0 saturated carbocycles. The molecule has 0 radical (unpaired) electrons. The quantitative estimate of drug-likeness (QED) is 0.745. The normalized spacial score (nSPS) is 12.0. The lowest BCUT2D eigenvalue weighted by Crippen LogP contribution is -2.20. The average Bonchev–Trinajstić information content (AvgIpc) is 2.43. The second kappa shape index (κ2) is 8.53. The molecule has 0 spiro atoms. The lowest BCUT2D eigenvalue weighted by molar-refractivity contribution is -0.145. The third-order valence-electron chi connectivity index (χ3n) is 2.80. The molecule has 5 heteroatoms. The molecule has 20 heavy (non-hydrogen) atoms. The number of ether oxygens (including phenoxy) is 2. The Morgan fingerprint density at radius 2 is 2.15 bits per heavy atom. The Hall–Kier alpha value is -1.62. The lowest BCUT2D eigenvalue weighted by Gasteiger charge is -2.15. The zero-order valence-corrected chi connectivity index (χ0v) is 12.2. The number of hydrogen-bond donors (Lipinski definition) is 1. The molecule has 0 bridgehead atoms. The van der Waals surface area contributed by atoms with E-state index in [1.54, 1.807) is 19.1 Å². The molecule has 0 aromatic heterocycles. The summed E-state index contributed by atoms with van der Waals surface area (Å²) >= 11 is 0. The first-order chi connectivity index (χ1) is 9.58. The highest BCUT2D eigenvalue weighted by molar-refractivity contribution is 5.71. The van der Waals surface area contributed by atoms with Crippen molar-refractivity contribution in [1.82, 2.24) is 5.32 Å². The van der Waals surface area contributed by atoms with Crippen molar-refractivity contribution < 1.29 is 18.7 Å². The highest BCUT2D eigenvalue weighted by atomic mass is 19.1. The largest absolute Gasteiger partial charge is 0.482 e. The SMILES string of the molecule is CCCNC(C)c1ccc(OCC(=O)OCC)cc1F. The van der Waals surface area contributed by atoms with Gasteiger partial charge >= 0.3 is 5.97 Å². The van der Waals surface area contributed by atoms with Gasteiger partial charge in [-0.15, -0.1) is 0 Å². The van der Waals surface area contributed by atoms with E-state index in [4.69, 9.17) is 9.47 Å². The van der Waals surface area contributed by atoms with Crippen LogP contribution in [0.25, 0.3) is 0 Å². The Kier molecular flexibility index (Phi) is 7.01. The summed E-state index contributed by atoms with van der Waals surface area (Å²) in [7, 11) is 0. The third kappa shape index (κ3) is 5.17. The van der Waals surface area contributed by atoms with Crippen molar-refractivity contribution in [3.8, 4) is 5.75 Å². The highest BCUT2D eigenvalue weighted by Crippen LogP contribution is 2.21. The Morgan fingerprint density at radius 1 is 1.40 bits per heavy atom. The summed E-state index contributed by atoms with van der Waals surface area (Å²) in [4.78, 5) is 11.1. The molecular weight excluding hydrogens is 261 g/mol. The van der Waals surface area contributed by atoms with Crippen molar-refractivity contribution in [2.75, 3.05) is 19.8 Å². The predicted molar refractivity (Wildman–Crippen MR) is 75.2 cm³/mol. The first-order valence-corrected chi connectivity index (χ1v) is 6.89. The van der Waals surface area contributed by atoms with Crippen LogP contribution in [0, 0.1) is 5.82 Å². The maximum atomic E-state index is 14.0. The van der Waals surface area contributed by atoms with Crippen LogP contribution in [0.1, 0.15) is 38.8 Å². The number of hydrogen-bond acceptors (Lipinski definition) is 4. The minimum atomic E-state index is -0.463. The average molecular weight is 283 g/mol. The van der Waals surface area contributed by atoms with E-state index in [9.17, 15) is 9.18 Å². The smallest absolute Gasteiger partial charge is 0.344 e. The van der Waals surface area contributed by atoms with Gasteiger partial charge in [0.15, 0.2) is 6.61 Å². The van der Waals surface area contributed by atoms with Gasteiger partial charge in [-0.3, -0.25) is 0 Å².